The van der Waals surface area contributed by atoms with E-state index in [1.165, 1.54) is 0 Å². The van der Waals surface area contributed by atoms with Gasteiger partial charge < -0.3 is 19.9 Å². The van der Waals surface area contributed by atoms with Crippen molar-refractivity contribution in [2.45, 2.75) is 31.2 Å². The molecule has 0 bridgehead atoms. The minimum atomic E-state index is -0.365. The van der Waals surface area contributed by atoms with Crippen LogP contribution in [-0.4, -0.2) is 40.2 Å². The number of aliphatic hydroxyl groups excluding tert-OH is 1. The van der Waals surface area contributed by atoms with Crippen molar-refractivity contribution in [3.63, 3.8) is 0 Å². The lowest BCUT2D eigenvalue weighted by Gasteiger charge is -2.42. The van der Waals surface area contributed by atoms with Crippen LogP contribution in [0.4, 0.5) is 0 Å². The van der Waals surface area contributed by atoms with E-state index >= 15 is 0 Å². The van der Waals surface area contributed by atoms with Crippen LogP contribution in [0, 0.1) is 0 Å². The second kappa shape index (κ2) is 6.03. The van der Waals surface area contributed by atoms with Crippen LogP contribution in [0.2, 0.25) is 5.02 Å². The Bertz CT molecular complexity index is 692. The standard InChI is InChI=1S/C16H18ClN3O3/c17-11-6-10(7-14-16(11)23-5-4-22-14)9-18-12-8-13(21)15(12)20-3-1-2-19-20/h1-3,6-7,12-13,15,18,21H,4-5,8-9H2/t12-,13+,15+/m0/s1. The minimum Gasteiger partial charge on any atom is -0.486 e. The maximum Gasteiger partial charge on any atom is 0.179 e. The monoisotopic (exact) mass is 335 g/mol. The van der Waals surface area contributed by atoms with Crippen LogP contribution in [-0.2, 0) is 6.54 Å². The first kappa shape index (κ1) is 14.8. The quantitative estimate of drug-likeness (QED) is 0.891. The highest BCUT2D eigenvalue weighted by Crippen LogP contribution is 2.38. The fourth-order valence-corrected chi connectivity index (χ4v) is 3.44. The van der Waals surface area contributed by atoms with E-state index in [1.807, 2.05) is 29.1 Å². The van der Waals surface area contributed by atoms with Crippen molar-refractivity contribution in [3.05, 3.63) is 41.2 Å². The molecule has 2 N–H and O–H groups in total. The van der Waals surface area contributed by atoms with Crippen molar-refractivity contribution in [1.82, 2.24) is 15.1 Å². The van der Waals surface area contributed by atoms with E-state index in [4.69, 9.17) is 21.1 Å². The average Bonchev–Trinajstić information content (AvgIpc) is 3.04. The molecule has 23 heavy (non-hydrogen) atoms. The van der Waals surface area contributed by atoms with Gasteiger partial charge in [-0.05, 0) is 30.2 Å². The highest BCUT2D eigenvalue weighted by Gasteiger charge is 2.41. The maximum absolute atomic E-state index is 9.99. The molecule has 0 amide bonds. The van der Waals surface area contributed by atoms with E-state index in [-0.39, 0.29) is 18.2 Å². The molecular weight excluding hydrogens is 318 g/mol. The van der Waals surface area contributed by atoms with Gasteiger partial charge >= 0.3 is 0 Å². The highest BCUT2D eigenvalue weighted by atomic mass is 35.5. The van der Waals surface area contributed by atoms with Gasteiger partial charge in [-0.25, -0.2) is 0 Å². The molecule has 3 atom stereocenters. The van der Waals surface area contributed by atoms with Gasteiger partial charge in [0.1, 0.15) is 13.2 Å². The van der Waals surface area contributed by atoms with Gasteiger partial charge in [-0.15, -0.1) is 0 Å². The summed E-state index contributed by atoms with van der Waals surface area (Å²) in [5.41, 5.74) is 1.03. The summed E-state index contributed by atoms with van der Waals surface area (Å²) in [4.78, 5) is 0. The molecule has 6 nitrogen and oxygen atoms in total. The zero-order chi connectivity index (χ0) is 15.8. The summed E-state index contributed by atoms with van der Waals surface area (Å²) in [5.74, 6) is 1.31. The summed E-state index contributed by atoms with van der Waals surface area (Å²) < 4.78 is 12.9. The predicted molar refractivity (Wildman–Crippen MR) is 85.0 cm³/mol. The SMILES string of the molecule is O[C@@H]1C[C@H](NCc2cc(Cl)c3c(c2)OCCO3)[C@H]1n1cccn1. The first-order chi connectivity index (χ1) is 11.2. The number of rotatable bonds is 4. The second-order valence-corrected chi connectivity index (χ2v) is 6.28. The second-order valence-electron chi connectivity index (χ2n) is 5.87. The molecule has 4 rings (SSSR count). The largest absolute Gasteiger partial charge is 0.486 e. The van der Waals surface area contributed by atoms with Crippen LogP contribution in [0.5, 0.6) is 11.5 Å². The predicted octanol–water partition coefficient (Wildman–Crippen LogP) is 1.77. The van der Waals surface area contributed by atoms with E-state index < -0.39 is 0 Å². The van der Waals surface area contributed by atoms with Crippen molar-refractivity contribution < 1.29 is 14.6 Å². The lowest BCUT2D eigenvalue weighted by molar-refractivity contribution is -0.00822. The van der Waals surface area contributed by atoms with E-state index in [9.17, 15) is 5.11 Å². The maximum atomic E-state index is 9.99. The number of hydrogen-bond acceptors (Lipinski definition) is 5. The molecule has 1 saturated carbocycles. The fourth-order valence-electron chi connectivity index (χ4n) is 3.15. The molecule has 1 fully saturated rings. The van der Waals surface area contributed by atoms with Crippen molar-refractivity contribution in [2.75, 3.05) is 13.2 Å². The fraction of sp³-hybridized carbons (Fsp3) is 0.438. The third-order valence-electron chi connectivity index (χ3n) is 4.36. The molecule has 1 aromatic carbocycles. The molecule has 1 aromatic heterocycles. The Labute approximate surface area is 139 Å². The number of nitrogens with zero attached hydrogens (tertiary/aromatic N) is 2. The van der Waals surface area contributed by atoms with Gasteiger partial charge in [0.2, 0.25) is 0 Å². The van der Waals surface area contributed by atoms with Gasteiger partial charge in [-0.3, -0.25) is 4.68 Å². The van der Waals surface area contributed by atoms with Crippen molar-refractivity contribution in [1.29, 1.82) is 0 Å². The molecule has 0 saturated heterocycles. The third-order valence-corrected chi connectivity index (χ3v) is 4.64. The van der Waals surface area contributed by atoms with Gasteiger partial charge in [0.05, 0.1) is 17.2 Å². The van der Waals surface area contributed by atoms with Crippen molar-refractivity contribution in [2.24, 2.45) is 0 Å². The molecule has 122 valence electrons. The number of aromatic nitrogens is 2. The molecule has 0 unspecified atom stereocenters. The normalized spacial score (nSPS) is 25.9. The Hall–Kier alpha value is -1.76. The molecule has 1 aliphatic heterocycles. The minimum absolute atomic E-state index is 0.0299. The van der Waals surface area contributed by atoms with E-state index in [2.05, 4.69) is 10.4 Å². The molecule has 7 heteroatoms. The Morgan fingerprint density at radius 1 is 1.35 bits per heavy atom. The number of benzene rings is 1. The van der Waals surface area contributed by atoms with E-state index in [0.717, 1.165) is 5.56 Å². The van der Waals surface area contributed by atoms with Crippen molar-refractivity contribution in [3.8, 4) is 11.5 Å². The van der Waals surface area contributed by atoms with Crippen LogP contribution in [0.3, 0.4) is 0 Å². The van der Waals surface area contributed by atoms with Gasteiger partial charge in [0.15, 0.2) is 11.5 Å². The smallest absolute Gasteiger partial charge is 0.179 e. The highest BCUT2D eigenvalue weighted by molar-refractivity contribution is 6.32. The summed E-state index contributed by atoms with van der Waals surface area (Å²) in [6, 6.07) is 5.85. The molecule has 2 heterocycles. The number of aliphatic hydroxyl groups is 1. The van der Waals surface area contributed by atoms with E-state index in [0.29, 0.717) is 42.7 Å². The first-order valence-corrected chi connectivity index (χ1v) is 8.09. The summed E-state index contributed by atoms with van der Waals surface area (Å²) >= 11 is 6.26. The van der Waals surface area contributed by atoms with Gasteiger partial charge in [-0.2, -0.15) is 5.10 Å². The molecule has 0 radical (unpaired) electrons. The first-order valence-electron chi connectivity index (χ1n) is 7.71. The number of ether oxygens (including phenoxy) is 2. The average molecular weight is 336 g/mol. The summed E-state index contributed by atoms with van der Waals surface area (Å²) in [7, 11) is 0. The molecule has 2 aliphatic rings. The molecule has 1 aliphatic carbocycles. The van der Waals surface area contributed by atoms with Crippen LogP contribution < -0.4 is 14.8 Å². The van der Waals surface area contributed by atoms with Crippen LogP contribution in [0.25, 0.3) is 0 Å². The third kappa shape index (κ3) is 2.78. The molecular formula is C16H18ClN3O3. The topological polar surface area (TPSA) is 68.5 Å². The number of nitrogens with one attached hydrogen (secondary N) is 1. The number of fused-ring (bicyclic) bond motifs is 1. The number of hydrogen-bond donors (Lipinski definition) is 2. The summed E-state index contributed by atoms with van der Waals surface area (Å²) in [6.07, 6.45) is 3.95. The van der Waals surface area contributed by atoms with Crippen LogP contribution >= 0.6 is 11.6 Å². The van der Waals surface area contributed by atoms with Crippen LogP contribution in [0.15, 0.2) is 30.6 Å². The number of halogens is 1. The lowest BCUT2D eigenvalue weighted by Crippen LogP contribution is -2.54. The Kier molecular flexibility index (Phi) is 3.88. The van der Waals surface area contributed by atoms with Crippen molar-refractivity contribution >= 4 is 11.6 Å². The summed E-state index contributed by atoms with van der Waals surface area (Å²) in [5, 5.41) is 18.2. The van der Waals surface area contributed by atoms with Gasteiger partial charge in [0, 0.05) is 25.0 Å². The zero-order valence-electron chi connectivity index (χ0n) is 12.5. The van der Waals surface area contributed by atoms with E-state index in [1.54, 1.807) is 6.20 Å². The van der Waals surface area contributed by atoms with Gasteiger partial charge in [-0.1, -0.05) is 11.6 Å². The lowest BCUT2D eigenvalue weighted by atomic mass is 9.83. The van der Waals surface area contributed by atoms with Crippen LogP contribution in [0.1, 0.15) is 18.0 Å². The zero-order valence-corrected chi connectivity index (χ0v) is 13.2. The Morgan fingerprint density at radius 3 is 3.00 bits per heavy atom. The Balaban J connectivity index is 1.44. The summed E-state index contributed by atoms with van der Waals surface area (Å²) in [6.45, 7) is 1.71. The molecule has 2 aromatic rings. The molecule has 0 spiro atoms. The Morgan fingerprint density at radius 2 is 2.22 bits per heavy atom. The van der Waals surface area contributed by atoms with Gasteiger partial charge in [0.25, 0.3) is 0 Å².